The Morgan fingerprint density at radius 1 is 1.28 bits per heavy atom. The van der Waals surface area contributed by atoms with E-state index in [0.717, 1.165) is 5.56 Å². The summed E-state index contributed by atoms with van der Waals surface area (Å²) in [5, 5.41) is 6.57. The van der Waals surface area contributed by atoms with E-state index < -0.39 is 5.91 Å². The second-order valence-corrected chi connectivity index (χ2v) is 5.11. The number of hydrogen-bond donors (Lipinski definition) is 2. The van der Waals surface area contributed by atoms with Gasteiger partial charge < -0.3 is 29.5 Å². The number of methoxy groups -OCH3 is 2. The summed E-state index contributed by atoms with van der Waals surface area (Å²) >= 11 is 0. The van der Waals surface area contributed by atoms with Crippen LogP contribution in [0.1, 0.15) is 15.9 Å². The molecule has 0 radical (unpaired) electrons. The number of carbonyl (C=O) groups is 1. The van der Waals surface area contributed by atoms with Crippen molar-refractivity contribution in [3.05, 3.63) is 47.7 Å². The van der Waals surface area contributed by atoms with Crippen LogP contribution in [0.5, 0.6) is 11.5 Å². The summed E-state index contributed by atoms with van der Waals surface area (Å²) in [4.78, 5) is 12.5. The Morgan fingerprint density at radius 2 is 2.12 bits per heavy atom. The molecule has 0 aliphatic carbocycles. The minimum atomic E-state index is -0.428. The van der Waals surface area contributed by atoms with E-state index in [1.54, 1.807) is 38.5 Å². The van der Waals surface area contributed by atoms with Crippen LogP contribution >= 0.6 is 0 Å². The number of carbonyl (C=O) groups excluding carboxylic acids is 1. The maximum atomic E-state index is 12.5. The lowest BCUT2D eigenvalue weighted by Gasteiger charge is -2.11. The number of anilines is 1. The number of benzene rings is 1. The van der Waals surface area contributed by atoms with Crippen LogP contribution in [0.4, 0.5) is 5.88 Å². The van der Waals surface area contributed by atoms with Crippen LogP contribution in [0.3, 0.4) is 0 Å². The number of rotatable bonds is 6. The monoisotopic (exact) mass is 343 g/mol. The van der Waals surface area contributed by atoms with E-state index in [0.29, 0.717) is 17.3 Å². The summed E-state index contributed by atoms with van der Waals surface area (Å²) in [7, 11) is 3.12. The number of ether oxygens (including phenoxy) is 2. The molecule has 3 aromatic rings. The number of nitrogen functional groups attached to an aromatic ring is 1. The summed E-state index contributed by atoms with van der Waals surface area (Å²) in [6, 6.07) is 8.68. The number of nitrogens with two attached hydrogens (primary N) is 1. The highest BCUT2D eigenvalue weighted by Gasteiger charge is 2.24. The molecule has 8 heteroatoms. The standard InChI is InChI=1S/C17H17N3O5/c1-22-11-6-5-10(13(8-11)23-2)9-19-17(21)14-15(20-25-16(14)18)12-4-3-7-24-12/h3-8H,9,18H2,1-2H3,(H,19,21). The predicted octanol–water partition coefficient (Wildman–Crippen LogP) is 2.46. The lowest BCUT2D eigenvalue weighted by molar-refractivity contribution is 0.0951. The molecule has 1 aromatic carbocycles. The van der Waals surface area contributed by atoms with Crippen molar-refractivity contribution in [2.24, 2.45) is 0 Å². The first-order chi connectivity index (χ1) is 12.1. The molecular weight excluding hydrogens is 326 g/mol. The third-order valence-corrected chi connectivity index (χ3v) is 3.63. The third-order valence-electron chi connectivity index (χ3n) is 3.63. The first-order valence-corrected chi connectivity index (χ1v) is 7.42. The molecule has 0 spiro atoms. The van der Waals surface area contributed by atoms with Crippen LogP contribution in [0, 0.1) is 0 Å². The van der Waals surface area contributed by atoms with Gasteiger partial charge in [0.05, 0.1) is 20.5 Å². The van der Waals surface area contributed by atoms with Crippen LogP contribution in [0.2, 0.25) is 0 Å². The fourth-order valence-electron chi connectivity index (χ4n) is 2.37. The van der Waals surface area contributed by atoms with Gasteiger partial charge in [-0.25, -0.2) is 0 Å². The lowest BCUT2D eigenvalue weighted by Crippen LogP contribution is -2.24. The molecule has 3 rings (SSSR count). The topological polar surface area (TPSA) is 113 Å². The van der Waals surface area contributed by atoms with E-state index in [1.807, 2.05) is 6.07 Å². The van der Waals surface area contributed by atoms with Crippen LogP contribution in [0.25, 0.3) is 11.5 Å². The van der Waals surface area contributed by atoms with Crippen LogP contribution in [-0.4, -0.2) is 25.3 Å². The van der Waals surface area contributed by atoms with Gasteiger partial charge in [0.2, 0.25) is 5.88 Å². The van der Waals surface area contributed by atoms with Gasteiger partial charge in [0.1, 0.15) is 17.1 Å². The molecule has 0 saturated carbocycles. The van der Waals surface area contributed by atoms with Crippen molar-refractivity contribution in [2.75, 3.05) is 20.0 Å². The summed E-state index contributed by atoms with van der Waals surface area (Å²) in [5.41, 5.74) is 6.90. The Bertz CT molecular complexity index is 871. The first kappa shape index (κ1) is 16.4. The van der Waals surface area contributed by atoms with Gasteiger partial charge in [0, 0.05) is 18.2 Å². The smallest absolute Gasteiger partial charge is 0.259 e. The Kier molecular flexibility index (Phi) is 4.60. The van der Waals surface area contributed by atoms with Gasteiger partial charge in [-0.3, -0.25) is 4.79 Å². The van der Waals surface area contributed by atoms with Gasteiger partial charge in [-0.15, -0.1) is 0 Å². The van der Waals surface area contributed by atoms with Crippen LogP contribution < -0.4 is 20.5 Å². The van der Waals surface area contributed by atoms with Gasteiger partial charge in [0.15, 0.2) is 11.5 Å². The fourth-order valence-corrected chi connectivity index (χ4v) is 2.37. The Morgan fingerprint density at radius 3 is 2.80 bits per heavy atom. The number of furan rings is 1. The highest BCUT2D eigenvalue weighted by Crippen LogP contribution is 2.28. The van der Waals surface area contributed by atoms with Crippen molar-refractivity contribution in [3.8, 4) is 23.0 Å². The molecule has 0 atom stereocenters. The second-order valence-electron chi connectivity index (χ2n) is 5.11. The van der Waals surface area contributed by atoms with Crippen molar-refractivity contribution < 1.29 is 23.2 Å². The molecule has 0 bridgehead atoms. The van der Waals surface area contributed by atoms with Gasteiger partial charge in [-0.05, 0) is 24.3 Å². The molecule has 2 heterocycles. The average molecular weight is 343 g/mol. The molecule has 8 nitrogen and oxygen atoms in total. The summed E-state index contributed by atoms with van der Waals surface area (Å²) in [6.07, 6.45) is 1.48. The molecule has 3 N–H and O–H groups in total. The molecule has 1 amide bonds. The van der Waals surface area contributed by atoms with Gasteiger partial charge >= 0.3 is 0 Å². The molecule has 0 saturated heterocycles. The van der Waals surface area contributed by atoms with Crippen LogP contribution in [0.15, 0.2) is 45.5 Å². The number of amides is 1. The predicted molar refractivity (Wildman–Crippen MR) is 89.3 cm³/mol. The van der Waals surface area contributed by atoms with E-state index in [4.69, 9.17) is 24.1 Å². The number of nitrogens with zero attached hydrogens (tertiary/aromatic N) is 1. The Balaban J connectivity index is 1.79. The van der Waals surface area contributed by atoms with E-state index in [2.05, 4.69) is 10.5 Å². The molecule has 2 aromatic heterocycles. The molecule has 0 aliphatic heterocycles. The molecule has 0 fully saturated rings. The zero-order valence-electron chi connectivity index (χ0n) is 13.7. The average Bonchev–Trinajstić information content (AvgIpc) is 3.28. The van der Waals surface area contributed by atoms with Crippen LogP contribution in [-0.2, 0) is 6.54 Å². The normalized spacial score (nSPS) is 10.5. The van der Waals surface area contributed by atoms with Crippen molar-refractivity contribution in [3.63, 3.8) is 0 Å². The van der Waals surface area contributed by atoms with Crippen molar-refractivity contribution in [2.45, 2.75) is 6.54 Å². The maximum absolute atomic E-state index is 12.5. The van der Waals surface area contributed by atoms with Gasteiger partial charge in [-0.2, -0.15) is 0 Å². The van der Waals surface area contributed by atoms with E-state index in [1.165, 1.54) is 6.26 Å². The minimum Gasteiger partial charge on any atom is -0.497 e. The zero-order chi connectivity index (χ0) is 17.8. The first-order valence-electron chi connectivity index (χ1n) is 7.42. The second kappa shape index (κ2) is 7.00. The molecular formula is C17H17N3O5. The Hall–Kier alpha value is -3.42. The molecule has 25 heavy (non-hydrogen) atoms. The molecule has 130 valence electrons. The van der Waals surface area contributed by atoms with Crippen molar-refractivity contribution in [1.29, 1.82) is 0 Å². The molecule has 0 unspecified atom stereocenters. The van der Waals surface area contributed by atoms with Crippen molar-refractivity contribution in [1.82, 2.24) is 10.5 Å². The minimum absolute atomic E-state index is 0.0782. The SMILES string of the molecule is COc1ccc(CNC(=O)c2c(-c3ccco3)noc2N)c(OC)c1. The van der Waals surface area contributed by atoms with E-state index in [-0.39, 0.29) is 23.7 Å². The maximum Gasteiger partial charge on any atom is 0.259 e. The highest BCUT2D eigenvalue weighted by atomic mass is 16.5. The zero-order valence-corrected chi connectivity index (χ0v) is 13.7. The number of nitrogens with one attached hydrogen (secondary N) is 1. The number of hydrogen-bond acceptors (Lipinski definition) is 7. The fraction of sp³-hybridized carbons (Fsp3) is 0.176. The van der Waals surface area contributed by atoms with Gasteiger partial charge in [-0.1, -0.05) is 5.16 Å². The number of aromatic nitrogens is 1. The molecule has 0 aliphatic rings. The largest absolute Gasteiger partial charge is 0.497 e. The Labute approximate surface area is 143 Å². The third kappa shape index (κ3) is 3.27. The summed E-state index contributed by atoms with van der Waals surface area (Å²) < 4.78 is 20.7. The summed E-state index contributed by atoms with van der Waals surface area (Å²) in [5.74, 6) is 1.15. The quantitative estimate of drug-likeness (QED) is 0.707. The van der Waals surface area contributed by atoms with E-state index in [9.17, 15) is 4.79 Å². The van der Waals surface area contributed by atoms with E-state index >= 15 is 0 Å². The van der Waals surface area contributed by atoms with Gasteiger partial charge in [0.25, 0.3) is 5.91 Å². The highest BCUT2D eigenvalue weighted by molar-refractivity contribution is 6.03. The summed E-state index contributed by atoms with van der Waals surface area (Å²) in [6.45, 7) is 0.230. The lowest BCUT2D eigenvalue weighted by atomic mass is 10.1. The van der Waals surface area contributed by atoms with Crippen molar-refractivity contribution >= 4 is 11.8 Å².